The van der Waals surface area contributed by atoms with E-state index in [9.17, 15) is 43.9 Å². The second kappa shape index (κ2) is 4.84. The molecular weight excluding hydrogens is 278 g/mol. The number of hydrogen-bond acceptors (Lipinski definition) is 1. The molecule has 0 aliphatic carbocycles. The average molecular weight is 278 g/mol. The molecule has 17 heavy (non-hydrogen) atoms. The van der Waals surface area contributed by atoms with Crippen LogP contribution in [0.15, 0.2) is 24.0 Å². The summed E-state index contributed by atoms with van der Waals surface area (Å²) in [6, 6.07) is -3.44. The van der Waals surface area contributed by atoms with Gasteiger partial charge in [-0.2, -0.15) is 43.9 Å². The number of alkyl halides is 4. The molecule has 0 aromatic rings. The SMILES string of the molecule is FC(F)=C(F)OC(F)(F)C(F)(F)C(F)=C(F)F. The van der Waals surface area contributed by atoms with Gasteiger partial charge >= 0.3 is 30.2 Å². The van der Waals surface area contributed by atoms with Crippen LogP contribution in [0.4, 0.5) is 43.9 Å². The number of halogens is 10. The van der Waals surface area contributed by atoms with E-state index in [4.69, 9.17) is 0 Å². The third-order valence-corrected chi connectivity index (χ3v) is 1.17. The quantitative estimate of drug-likeness (QED) is 0.549. The van der Waals surface area contributed by atoms with Crippen molar-refractivity contribution in [2.45, 2.75) is 12.0 Å². The maximum Gasteiger partial charge on any atom is 0.473 e. The number of rotatable bonds is 4. The highest BCUT2D eigenvalue weighted by atomic mass is 19.3. The zero-order valence-corrected chi connectivity index (χ0v) is 7.19. The predicted octanol–water partition coefficient (Wildman–Crippen LogP) is 4.34. The van der Waals surface area contributed by atoms with Gasteiger partial charge in [-0.25, -0.2) is 0 Å². The van der Waals surface area contributed by atoms with Crippen LogP contribution in [0.25, 0.3) is 0 Å². The van der Waals surface area contributed by atoms with E-state index in [1.54, 1.807) is 0 Å². The molecule has 0 aliphatic rings. The summed E-state index contributed by atoms with van der Waals surface area (Å²) in [6.07, 6.45) is -13.6. The molecule has 0 unspecified atom stereocenters. The fraction of sp³-hybridized carbons (Fsp3) is 0.333. The van der Waals surface area contributed by atoms with Crippen molar-refractivity contribution in [1.29, 1.82) is 0 Å². The zero-order chi connectivity index (χ0) is 14.0. The lowest BCUT2D eigenvalue weighted by molar-refractivity contribution is -0.331. The maximum absolute atomic E-state index is 12.2. The lowest BCUT2D eigenvalue weighted by Gasteiger charge is -2.23. The Morgan fingerprint density at radius 3 is 1.41 bits per heavy atom. The van der Waals surface area contributed by atoms with Crippen molar-refractivity contribution in [3.63, 3.8) is 0 Å². The van der Waals surface area contributed by atoms with Crippen molar-refractivity contribution in [2.75, 3.05) is 0 Å². The van der Waals surface area contributed by atoms with Crippen LogP contribution in [0.2, 0.25) is 0 Å². The molecule has 0 rings (SSSR count). The molecule has 0 spiro atoms. The first kappa shape index (κ1) is 15.6. The van der Waals surface area contributed by atoms with Gasteiger partial charge in [-0.05, 0) is 0 Å². The molecule has 0 aromatic carbocycles. The molecule has 0 bridgehead atoms. The summed E-state index contributed by atoms with van der Waals surface area (Å²) in [4.78, 5) is 0. The highest BCUT2D eigenvalue weighted by Crippen LogP contribution is 2.44. The third-order valence-electron chi connectivity index (χ3n) is 1.17. The van der Waals surface area contributed by atoms with Crippen molar-refractivity contribution in [3.05, 3.63) is 24.0 Å². The molecule has 0 amide bonds. The van der Waals surface area contributed by atoms with Gasteiger partial charge in [0, 0.05) is 0 Å². The lowest BCUT2D eigenvalue weighted by Crippen LogP contribution is -2.43. The average Bonchev–Trinajstić information content (AvgIpc) is 2.14. The Bertz CT molecular complexity index is 348. The van der Waals surface area contributed by atoms with E-state index in [0.717, 1.165) is 0 Å². The second-order valence-electron chi connectivity index (χ2n) is 2.30. The van der Waals surface area contributed by atoms with Gasteiger partial charge in [0.1, 0.15) is 0 Å². The van der Waals surface area contributed by atoms with Crippen molar-refractivity contribution >= 4 is 0 Å². The van der Waals surface area contributed by atoms with Crippen LogP contribution in [0.3, 0.4) is 0 Å². The highest BCUT2D eigenvalue weighted by Gasteiger charge is 2.65. The summed E-state index contributed by atoms with van der Waals surface area (Å²) in [7, 11) is 0. The van der Waals surface area contributed by atoms with Crippen LogP contribution in [-0.4, -0.2) is 12.0 Å². The summed E-state index contributed by atoms with van der Waals surface area (Å²) in [5.41, 5.74) is 0. The molecule has 0 saturated carbocycles. The van der Waals surface area contributed by atoms with Gasteiger partial charge < -0.3 is 4.74 Å². The Hall–Kier alpha value is -1.42. The minimum Gasteiger partial charge on any atom is -0.397 e. The third kappa shape index (κ3) is 3.27. The Morgan fingerprint density at radius 1 is 0.706 bits per heavy atom. The Balaban J connectivity index is 5.33. The second-order valence-corrected chi connectivity index (χ2v) is 2.30. The van der Waals surface area contributed by atoms with Crippen molar-refractivity contribution in [2.24, 2.45) is 0 Å². The van der Waals surface area contributed by atoms with Crippen molar-refractivity contribution in [1.82, 2.24) is 0 Å². The van der Waals surface area contributed by atoms with Gasteiger partial charge in [0.2, 0.25) is 5.83 Å². The van der Waals surface area contributed by atoms with Gasteiger partial charge in [-0.3, -0.25) is 0 Å². The standard InChI is InChI=1S/C6F10O/c7-1(2(8)9)5(13,14)6(15,16)17-4(12)3(10)11. The normalized spacial score (nSPS) is 12.1. The summed E-state index contributed by atoms with van der Waals surface area (Å²) in [5, 5.41) is 0. The van der Waals surface area contributed by atoms with Crippen LogP contribution in [0, 0.1) is 0 Å². The monoisotopic (exact) mass is 278 g/mol. The van der Waals surface area contributed by atoms with E-state index in [1.165, 1.54) is 0 Å². The molecule has 0 fully saturated rings. The fourth-order valence-electron chi connectivity index (χ4n) is 0.462. The predicted molar refractivity (Wildman–Crippen MR) is 31.7 cm³/mol. The number of hydrogen-bond donors (Lipinski definition) is 0. The van der Waals surface area contributed by atoms with Crippen LogP contribution in [0.1, 0.15) is 0 Å². The molecular formula is C6F10O. The zero-order valence-electron chi connectivity index (χ0n) is 7.19. The molecule has 1 nitrogen and oxygen atoms in total. The Labute approximate surface area is 86.0 Å². The smallest absolute Gasteiger partial charge is 0.397 e. The first-order chi connectivity index (χ1) is 7.43. The number of ether oxygens (including phenoxy) is 1. The topological polar surface area (TPSA) is 9.23 Å². The molecule has 0 aliphatic heterocycles. The molecule has 100 valence electrons. The molecule has 0 atom stereocenters. The largest absolute Gasteiger partial charge is 0.473 e. The first-order valence-corrected chi connectivity index (χ1v) is 3.30. The minimum atomic E-state index is -6.31. The molecule has 0 radical (unpaired) electrons. The summed E-state index contributed by atoms with van der Waals surface area (Å²) in [5.74, 6) is -10.2. The van der Waals surface area contributed by atoms with Gasteiger partial charge in [0.25, 0.3) is 0 Å². The van der Waals surface area contributed by atoms with Crippen LogP contribution >= 0.6 is 0 Å². The van der Waals surface area contributed by atoms with Crippen molar-refractivity contribution in [3.8, 4) is 0 Å². The maximum atomic E-state index is 12.2. The van der Waals surface area contributed by atoms with Gasteiger partial charge in [-0.1, -0.05) is 0 Å². The minimum absolute atomic E-state index is 2.11. The fourth-order valence-corrected chi connectivity index (χ4v) is 0.462. The van der Waals surface area contributed by atoms with E-state index in [2.05, 4.69) is 4.74 Å². The lowest BCUT2D eigenvalue weighted by atomic mass is 10.3. The van der Waals surface area contributed by atoms with Crippen molar-refractivity contribution < 1.29 is 48.6 Å². The van der Waals surface area contributed by atoms with E-state index in [-0.39, 0.29) is 0 Å². The summed E-state index contributed by atoms with van der Waals surface area (Å²) >= 11 is 0. The first-order valence-electron chi connectivity index (χ1n) is 3.30. The van der Waals surface area contributed by atoms with Crippen LogP contribution in [0.5, 0.6) is 0 Å². The van der Waals surface area contributed by atoms with Gasteiger partial charge in [0.05, 0.1) is 0 Å². The molecule has 0 N–H and O–H groups in total. The molecule has 0 aromatic heterocycles. The van der Waals surface area contributed by atoms with Crippen LogP contribution < -0.4 is 0 Å². The Kier molecular flexibility index (Phi) is 4.43. The molecule has 11 heteroatoms. The van der Waals surface area contributed by atoms with Crippen LogP contribution in [-0.2, 0) is 4.74 Å². The summed E-state index contributed by atoms with van der Waals surface area (Å²) in [6.45, 7) is 0. The Morgan fingerprint density at radius 2 is 1.12 bits per heavy atom. The van der Waals surface area contributed by atoms with Gasteiger partial charge in [-0.15, -0.1) is 0 Å². The van der Waals surface area contributed by atoms with E-state index >= 15 is 0 Å². The molecule has 0 heterocycles. The molecule has 0 saturated heterocycles. The highest BCUT2D eigenvalue weighted by molar-refractivity contribution is 5.09. The van der Waals surface area contributed by atoms with E-state index < -0.39 is 36.0 Å². The summed E-state index contributed by atoms with van der Waals surface area (Å²) < 4.78 is 120. The van der Waals surface area contributed by atoms with Gasteiger partial charge in [0.15, 0.2) is 0 Å². The van der Waals surface area contributed by atoms with E-state index in [1.807, 2.05) is 0 Å². The van der Waals surface area contributed by atoms with E-state index in [0.29, 0.717) is 0 Å².